The van der Waals surface area contributed by atoms with Crippen molar-refractivity contribution in [2.24, 2.45) is 11.3 Å². The molecule has 2 rings (SSSR count). The lowest BCUT2D eigenvalue weighted by Gasteiger charge is -2.53. The lowest BCUT2D eigenvalue weighted by molar-refractivity contribution is -0.307. The third kappa shape index (κ3) is 3.08. The third-order valence-electron chi connectivity index (χ3n) is 5.68. The van der Waals surface area contributed by atoms with E-state index < -0.39 is 11.8 Å². The summed E-state index contributed by atoms with van der Waals surface area (Å²) in [5.41, 5.74) is -2.22. The molecule has 0 aromatic carbocycles. The van der Waals surface area contributed by atoms with Gasteiger partial charge in [0.15, 0.2) is 5.60 Å². The zero-order valence-corrected chi connectivity index (χ0v) is 13.1. The number of likely N-dealkylation sites (tertiary alicyclic amines) is 1. The summed E-state index contributed by atoms with van der Waals surface area (Å²) in [6.07, 6.45) is -0.582. The fourth-order valence-electron chi connectivity index (χ4n) is 3.92. The van der Waals surface area contributed by atoms with E-state index in [-0.39, 0.29) is 24.5 Å². The number of aliphatic hydroxyl groups is 1. The van der Waals surface area contributed by atoms with E-state index in [1.54, 1.807) is 4.90 Å². The Balaban J connectivity index is 1.89. The van der Waals surface area contributed by atoms with Crippen molar-refractivity contribution in [1.82, 2.24) is 10.2 Å². The molecule has 0 unspecified atom stereocenters. The molecule has 0 spiro atoms. The molecule has 21 heavy (non-hydrogen) atoms. The zero-order chi connectivity index (χ0) is 15.9. The molecule has 0 radical (unpaired) electrons. The number of alkyl halides is 3. The van der Waals surface area contributed by atoms with Gasteiger partial charge in [-0.15, -0.1) is 0 Å². The molecule has 1 aliphatic heterocycles. The maximum atomic E-state index is 12.7. The lowest BCUT2D eigenvalue weighted by Crippen LogP contribution is -2.71. The molecule has 2 fully saturated rings. The number of rotatable bonds is 4. The molecule has 124 valence electrons. The van der Waals surface area contributed by atoms with Gasteiger partial charge in [0.2, 0.25) is 0 Å². The second kappa shape index (κ2) is 5.70. The Hall–Kier alpha value is -0.330. The summed E-state index contributed by atoms with van der Waals surface area (Å²) in [4.78, 5) is 1.80. The van der Waals surface area contributed by atoms with Crippen LogP contribution in [0.2, 0.25) is 0 Å². The first-order chi connectivity index (χ1) is 9.63. The van der Waals surface area contributed by atoms with Gasteiger partial charge in [-0.1, -0.05) is 13.8 Å². The SMILES string of the molecule is CNCC1(C(C)C)CCC(N2CC(O)(C(F)(F)F)C2)CC1. The summed E-state index contributed by atoms with van der Waals surface area (Å²) >= 11 is 0. The number of hydrogen-bond acceptors (Lipinski definition) is 3. The van der Waals surface area contributed by atoms with Gasteiger partial charge in [0.25, 0.3) is 0 Å². The predicted molar refractivity (Wildman–Crippen MR) is 76.0 cm³/mol. The number of β-amino-alcohol motifs (C(OH)–C–C–N with tert-alkyl or cyclic N) is 1. The Labute approximate surface area is 124 Å². The summed E-state index contributed by atoms with van der Waals surface area (Å²) in [6, 6.07) is 0.191. The van der Waals surface area contributed by atoms with Crippen molar-refractivity contribution in [2.75, 3.05) is 26.7 Å². The Morgan fingerprint density at radius 3 is 2.14 bits per heavy atom. The van der Waals surface area contributed by atoms with Crippen molar-refractivity contribution < 1.29 is 18.3 Å². The van der Waals surface area contributed by atoms with Crippen LogP contribution in [0.3, 0.4) is 0 Å². The molecule has 0 bridgehead atoms. The molecule has 0 amide bonds. The highest BCUT2D eigenvalue weighted by atomic mass is 19.4. The van der Waals surface area contributed by atoms with Crippen LogP contribution in [0.4, 0.5) is 13.2 Å². The molecular formula is C15H27F3N2O. The van der Waals surface area contributed by atoms with Crippen LogP contribution in [-0.4, -0.2) is 54.5 Å². The van der Waals surface area contributed by atoms with E-state index in [4.69, 9.17) is 0 Å². The van der Waals surface area contributed by atoms with E-state index in [9.17, 15) is 18.3 Å². The van der Waals surface area contributed by atoms with E-state index in [2.05, 4.69) is 19.2 Å². The van der Waals surface area contributed by atoms with E-state index in [0.717, 1.165) is 32.2 Å². The predicted octanol–water partition coefficient (Wildman–Crippen LogP) is 2.40. The Kier molecular flexibility index (Phi) is 4.63. The van der Waals surface area contributed by atoms with Gasteiger partial charge in [-0.2, -0.15) is 13.2 Å². The van der Waals surface area contributed by atoms with Crippen molar-refractivity contribution in [3.05, 3.63) is 0 Å². The van der Waals surface area contributed by atoms with Gasteiger partial charge in [0.1, 0.15) is 0 Å². The quantitative estimate of drug-likeness (QED) is 0.837. The van der Waals surface area contributed by atoms with Crippen molar-refractivity contribution in [1.29, 1.82) is 0 Å². The van der Waals surface area contributed by atoms with Crippen LogP contribution < -0.4 is 5.32 Å². The summed E-state index contributed by atoms with van der Waals surface area (Å²) in [5.74, 6) is 0.564. The van der Waals surface area contributed by atoms with Crippen LogP contribution in [0.15, 0.2) is 0 Å². The second-order valence-electron chi connectivity index (χ2n) is 7.21. The van der Waals surface area contributed by atoms with Crippen LogP contribution in [-0.2, 0) is 0 Å². The van der Waals surface area contributed by atoms with Gasteiger partial charge >= 0.3 is 6.18 Å². The largest absolute Gasteiger partial charge is 0.419 e. The number of nitrogens with one attached hydrogen (secondary N) is 1. The molecule has 1 saturated heterocycles. The summed E-state index contributed by atoms with van der Waals surface area (Å²) in [7, 11) is 1.95. The van der Waals surface area contributed by atoms with Gasteiger partial charge in [0.05, 0.1) is 0 Å². The van der Waals surface area contributed by atoms with Crippen LogP contribution in [0, 0.1) is 11.3 Å². The monoisotopic (exact) mass is 308 g/mol. The van der Waals surface area contributed by atoms with Crippen molar-refractivity contribution in [3.8, 4) is 0 Å². The highest BCUT2D eigenvalue weighted by Crippen LogP contribution is 2.46. The van der Waals surface area contributed by atoms with Crippen LogP contribution >= 0.6 is 0 Å². The molecule has 2 aliphatic rings. The highest BCUT2D eigenvalue weighted by Gasteiger charge is 2.62. The van der Waals surface area contributed by atoms with Crippen molar-refractivity contribution in [3.63, 3.8) is 0 Å². The van der Waals surface area contributed by atoms with E-state index in [1.165, 1.54) is 0 Å². The van der Waals surface area contributed by atoms with Crippen molar-refractivity contribution >= 4 is 0 Å². The van der Waals surface area contributed by atoms with Gasteiger partial charge in [0, 0.05) is 25.7 Å². The van der Waals surface area contributed by atoms with Gasteiger partial charge in [-0.3, -0.25) is 4.90 Å². The number of halogens is 3. The van der Waals surface area contributed by atoms with E-state index in [0.29, 0.717) is 5.92 Å². The molecule has 1 saturated carbocycles. The summed E-state index contributed by atoms with van der Waals surface area (Å²) in [5, 5.41) is 12.8. The molecule has 0 aromatic heterocycles. The van der Waals surface area contributed by atoms with Crippen LogP contribution in [0.25, 0.3) is 0 Å². The second-order valence-corrected chi connectivity index (χ2v) is 7.21. The average Bonchev–Trinajstić information content (AvgIpc) is 2.35. The minimum absolute atomic E-state index is 0.191. The molecule has 0 aromatic rings. The molecular weight excluding hydrogens is 281 g/mol. The van der Waals surface area contributed by atoms with Crippen molar-refractivity contribution in [2.45, 2.75) is 57.3 Å². The number of hydrogen-bond donors (Lipinski definition) is 2. The Morgan fingerprint density at radius 2 is 1.76 bits per heavy atom. The summed E-state index contributed by atoms with van der Waals surface area (Å²) in [6.45, 7) is 4.89. The zero-order valence-electron chi connectivity index (χ0n) is 13.1. The number of nitrogens with zero attached hydrogens (tertiary/aromatic N) is 1. The van der Waals surface area contributed by atoms with E-state index >= 15 is 0 Å². The fourth-order valence-corrected chi connectivity index (χ4v) is 3.92. The smallest absolute Gasteiger partial charge is 0.378 e. The molecule has 3 nitrogen and oxygen atoms in total. The van der Waals surface area contributed by atoms with Crippen LogP contribution in [0.5, 0.6) is 0 Å². The summed E-state index contributed by atoms with van der Waals surface area (Å²) < 4.78 is 38.0. The molecule has 6 heteroatoms. The first kappa shape index (κ1) is 17.0. The Morgan fingerprint density at radius 1 is 1.24 bits per heavy atom. The minimum atomic E-state index is -4.51. The molecule has 1 aliphatic carbocycles. The Bertz CT molecular complexity index is 356. The van der Waals surface area contributed by atoms with E-state index in [1.807, 2.05) is 7.05 Å². The molecule has 1 heterocycles. The molecule has 0 atom stereocenters. The normalized spacial score (nSPS) is 34.0. The lowest BCUT2D eigenvalue weighted by atomic mass is 9.65. The standard InChI is InChI=1S/C15H27F3N2O/c1-11(2)13(8-19-3)6-4-12(5-7-13)20-9-14(21,10-20)15(16,17)18/h11-12,19,21H,4-10H2,1-3H3. The maximum Gasteiger partial charge on any atom is 0.419 e. The van der Waals surface area contributed by atoms with Crippen LogP contribution in [0.1, 0.15) is 39.5 Å². The first-order valence-corrected chi connectivity index (χ1v) is 7.81. The minimum Gasteiger partial charge on any atom is -0.378 e. The average molecular weight is 308 g/mol. The van der Waals surface area contributed by atoms with Gasteiger partial charge in [-0.05, 0) is 44.1 Å². The fraction of sp³-hybridized carbons (Fsp3) is 1.00. The molecule has 2 N–H and O–H groups in total. The van der Waals surface area contributed by atoms with Gasteiger partial charge < -0.3 is 10.4 Å². The van der Waals surface area contributed by atoms with Gasteiger partial charge in [-0.25, -0.2) is 0 Å². The topological polar surface area (TPSA) is 35.5 Å². The maximum absolute atomic E-state index is 12.7. The first-order valence-electron chi connectivity index (χ1n) is 7.81. The third-order valence-corrected chi connectivity index (χ3v) is 5.68. The highest BCUT2D eigenvalue weighted by molar-refractivity contribution is 5.04.